The van der Waals surface area contributed by atoms with E-state index in [1.807, 2.05) is 0 Å². The minimum Gasteiger partial charge on any atom is -0.382 e. The van der Waals surface area contributed by atoms with Gasteiger partial charge in [-0.25, -0.2) is 9.50 Å². The molecule has 2 heterocycles. The van der Waals surface area contributed by atoms with E-state index in [4.69, 9.17) is 17.3 Å². The molecule has 4 nitrogen and oxygen atoms in total. The maximum Gasteiger partial charge on any atom is 0.155 e. The summed E-state index contributed by atoms with van der Waals surface area (Å²) in [7, 11) is 0. The fourth-order valence-electron chi connectivity index (χ4n) is 0.860. The van der Waals surface area contributed by atoms with Gasteiger partial charge in [-0.15, -0.1) is 5.10 Å². The van der Waals surface area contributed by atoms with Gasteiger partial charge in [0.1, 0.15) is 5.82 Å². The summed E-state index contributed by atoms with van der Waals surface area (Å²) >= 11 is 5.73. The molecular formula is C6H5ClN4. The van der Waals surface area contributed by atoms with Crippen molar-refractivity contribution in [3.8, 4) is 0 Å². The normalized spacial score (nSPS) is 10.6. The lowest BCUT2D eigenvalue weighted by Crippen LogP contribution is -1.96. The van der Waals surface area contributed by atoms with Gasteiger partial charge in [-0.1, -0.05) is 11.6 Å². The SMILES string of the molecule is Nc1ccc2ncc(Cl)n2n1. The lowest BCUT2D eigenvalue weighted by atomic mass is 10.5. The highest BCUT2D eigenvalue weighted by Crippen LogP contribution is 2.10. The van der Waals surface area contributed by atoms with Crippen LogP contribution in [0.25, 0.3) is 5.65 Å². The van der Waals surface area contributed by atoms with Crippen molar-refractivity contribution in [2.75, 3.05) is 5.73 Å². The van der Waals surface area contributed by atoms with Gasteiger partial charge in [0, 0.05) is 0 Å². The van der Waals surface area contributed by atoms with Crippen LogP contribution in [0.15, 0.2) is 18.3 Å². The van der Waals surface area contributed by atoms with E-state index in [1.54, 1.807) is 12.1 Å². The Hall–Kier alpha value is -1.29. The molecule has 5 heteroatoms. The van der Waals surface area contributed by atoms with Crippen LogP contribution in [-0.2, 0) is 0 Å². The third-order valence-electron chi connectivity index (χ3n) is 1.34. The van der Waals surface area contributed by atoms with Crippen LogP contribution in [0.4, 0.5) is 5.82 Å². The van der Waals surface area contributed by atoms with Gasteiger partial charge < -0.3 is 5.73 Å². The number of hydrogen-bond acceptors (Lipinski definition) is 3. The first-order valence-corrected chi connectivity index (χ1v) is 3.41. The van der Waals surface area contributed by atoms with E-state index >= 15 is 0 Å². The smallest absolute Gasteiger partial charge is 0.155 e. The van der Waals surface area contributed by atoms with Crippen LogP contribution >= 0.6 is 11.6 Å². The summed E-state index contributed by atoms with van der Waals surface area (Å²) in [6, 6.07) is 3.44. The van der Waals surface area contributed by atoms with Crippen LogP contribution in [0.2, 0.25) is 5.15 Å². The third kappa shape index (κ3) is 0.914. The van der Waals surface area contributed by atoms with E-state index in [-0.39, 0.29) is 0 Å². The van der Waals surface area contributed by atoms with Gasteiger partial charge in [-0.05, 0) is 12.1 Å². The molecule has 0 aromatic carbocycles. The number of nitrogens with zero attached hydrogens (tertiary/aromatic N) is 3. The van der Waals surface area contributed by atoms with Gasteiger partial charge >= 0.3 is 0 Å². The number of hydrogen-bond donors (Lipinski definition) is 1. The van der Waals surface area contributed by atoms with Crippen molar-refractivity contribution in [2.24, 2.45) is 0 Å². The topological polar surface area (TPSA) is 56.2 Å². The first kappa shape index (κ1) is 6.42. The van der Waals surface area contributed by atoms with Gasteiger partial charge in [-0.3, -0.25) is 0 Å². The number of rotatable bonds is 0. The summed E-state index contributed by atoms with van der Waals surface area (Å²) in [5.74, 6) is 0.428. The zero-order valence-corrected chi connectivity index (χ0v) is 6.28. The van der Waals surface area contributed by atoms with Crippen molar-refractivity contribution in [1.29, 1.82) is 0 Å². The van der Waals surface area contributed by atoms with Crippen molar-refractivity contribution in [2.45, 2.75) is 0 Å². The average molecular weight is 169 g/mol. The molecule has 0 bridgehead atoms. The zero-order valence-electron chi connectivity index (χ0n) is 5.53. The molecule has 0 fully saturated rings. The summed E-state index contributed by atoms with van der Waals surface area (Å²) in [5, 5.41) is 4.40. The molecule has 0 radical (unpaired) electrons. The molecule has 2 aromatic rings. The largest absolute Gasteiger partial charge is 0.382 e. The Morgan fingerprint density at radius 1 is 1.45 bits per heavy atom. The van der Waals surface area contributed by atoms with Gasteiger partial charge in [0.05, 0.1) is 6.20 Å². The maximum atomic E-state index is 5.73. The van der Waals surface area contributed by atoms with Gasteiger partial charge in [0.2, 0.25) is 0 Å². The Morgan fingerprint density at radius 2 is 2.27 bits per heavy atom. The molecule has 2 aromatic heterocycles. The Labute approximate surface area is 67.6 Å². The second-order valence-electron chi connectivity index (χ2n) is 2.11. The molecule has 0 aliphatic carbocycles. The second kappa shape index (κ2) is 2.10. The molecule has 2 rings (SSSR count). The van der Waals surface area contributed by atoms with Crippen molar-refractivity contribution >= 4 is 23.1 Å². The highest BCUT2D eigenvalue weighted by molar-refractivity contribution is 6.29. The van der Waals surface area contributed by atoms with Gasteiger partial charge in [-0.2, -0.15) is 0 Å². The number of nitrogen functional groups attached to an aromatic ring is 1. The molecule has 0 spiro atoms. The number of anilines is 1. The van der Waals surface area contributed by atoms with E-state index in [0.717, 1.165) is 0 Å². The summed E-state index contributed by atoms with van der Waals surface area (Å²) in [5.41, 5.74) is 6.13. The number of nitrogens with two attached hydrogens (primary N) is 1. The van der Waals surface area contributed by atoms with Crippen molar-refractivity contribution in [3.63, 3.8) is 0 Å². The van der Waals surface area contributed by atoms with Crippen LogP contribution in [-0.4, -0.2) is 14.6 Å². The molecule has 0 saturated heterocycles. The molecular weight excluding hydrogens is 164 g/mol. The third-order valence-corrected chi connectivity index (χ3v) is 1.60. The van der Waals surface area contributed by atoms with E-state index in [0.29, 0.717) is 16.6 Å². The van der Waals surface area contributed by atoms with Crippen LogP contribution in [0, 0.1) is 0 Å². The van der Waals surface area contributed by atoms with Crippen LogP contribution in [0.5, 0.6) is 0 Å². The predicted octanol–water partition coefficient (Wildman–Crippen LogP) is 0.965. The van der Waals surface area contributed by atoms with Crippen LogP contribution in [0.1, 0.15) is 0 Å². The molecule has 0 saturated carbocycles. The van der Waals surface area contributed by atoms with Gasteiger partial charge in [0.15, 0.2) is 10.8 Å². The van der Waals surface area contributed by atoms with E-state index in [9.17, 15) is 0 Å². The fourth-order valence-corrected chi connectivity index (χ4v) is 1.03. The second-order valence-corrected chi connectivity index (χ2v) is 2.50. The Bertz CT molecular complexity index is 394. The lowest BCUT2D eigenvalue weighted by molar-refractivity contribution is 0.946. The number of halogens is 1. The summed E-state index contributed by atoms with van der Waals surface area (Å²) in [4.78, 5) is 3.97. The van der Waals surface area contributed by atoms with Crippen molar-refractivity contribution in [3.05, 3.63) is 23.5 Å². The molecule has 0 atom stereocenters. The minimum absolute atomic E-state index is 0.428. The molecule has 0 aliphatic heterocycles. The average Bonchev–Trinajstić information content (AvgIpc) is 2.33. The molecule has 0 aliphatic rings. The first-order chi connectivity index (χ1) is 5.27. The zero-order chi connectivity index (χ0) is 7.84. The van der Waals surface area contributed by atoms with Crippen LogP contribution < -0.4 is 5.73 Å². The Kier molecular flexibility index (Phi) is 1.22. The fraction of sp³-hybridized carbons (Fsp3) is 0. The van der Waals surface area contributed by atoms with E-state index < -0.39 is 0 Å². The van der Waals surface area contributed by atoms with Crippen LogP contribution in [0.3, 0.4) is 0 Å². The summed E-state index contributed by atoms with van der Waals surface area (Å²) < 4.78 is 1.48. The molecule has 2 N–H and O–H groups in total. The summed E-state index contributed by atoms with van der Waals surface area (Å²) in [6.45, 7) is 0. The molecule has 11 heavy (non-hydrogen) atoms. The minimum atomic E-state index is 0.428. The summed E-state index contributed by atoms with van der Waals surface area (Å²) in [6.07, 6.45) is 1.53. The predicted molar refractivity (Wildman–Crippen MR) is 42.4 cm³/mol. The van der Waals surface area contributed by atoms with Gasteiger partial charge in [0.25, 0.3) is 0 Å². The van der Waals surface area contributed by atoms with E-state index in [1.165, 1.54) is 10.7 Å². The molecule has 56 valence electrons. The molecule has 0 amide bonds. The highest BCUT2D eigenvalue weighted by atomic mass is 35.5. The molecule has 0 unspecified atom stereocenters. The maximum absolute atomic E-state index is 5.73. The lowest BCUT2D eigenvalue weighted by Gasteiger charge is -1.93. The quantitative estimate of drug-likeness (QED) is 0.638. The Balaban J connectivity index is 2.87. The Morgan fingerprint density at radius 3 is 3.09 bits per heavy atom. The highest BCUT2D eigenvalue weighted by Gasteiger charge is 1.99. The van der Waals surface area contributed by atoms with Crippen molar-refractivity contribution in [1.82, 2.24) is 14.6 Å². The van der Waals surface area contributed by atoms with Crippen molar-refractivity contribution < 1.29 is 0 Å². The standard InChI is InChI=1S/C6H5ClN4/c7-4-3-9-6-2-1-5(8)10-11(4)6/h1-3H,(H2,8,10). The number of aromatic nitrogens is 3. The number of imidazole rings is 1. The number of fused-ring (bicyclic) bond motifs is 1. The monoisotopic (exact) mass is 168 g/mol. The van der Waals surface area contributed by atoms with E-state index in [2.05, 4.69) is 10.1 Å². The first-order valence-electron chi connectivity index (χ1n) is 3.03.